The van der Waals surface area contributed by atoms with E-state index in [1.165, 1.54) is 11.8 Å². The van der Waals surface area contributed by atoms with Crippen LogP contribution in [-0.2, 0) is 4.79 Å². The third kappa shape index (κ3) is 4.43. The van der Waals surface area contributed by atoms with E-state index in [1.54, 1.807) is 4.90 Å². The number of thioether (sulfide) groups is 1. The van der Waals surface area contributed by atoms with Crippen LogP contribution < -0.4 is 0 Å². The molecule has 1 saturated heterocycles. The van der Waals surface area contributed by atoms with Gasteiger partial charge in [-0.3, -0.25) is 9.69 Å². The van der Waals surface area contributed by atoms with Crippen LogP contribution in [-0.4, -0.2) is 31.5 Å². The van der Waals surface area contributed by atoms with Crippen LogP contribution in [0.4, 0.5) is 0 Å². The number of halogens is 1. The molecule has 1 fully saturated rings. The zero-order valence-corrected chi connectivity index (χ0v) is 19.6. The van der Waals surface area contributed by atoms with E-state index < -0.39 is 0 Å². The number of carbonyl (C=O) groups is 1. The van der Waals surface area contributed by atoms with Gasteiger partial charge in [0.2, 0.25) is 0 Å². The molecule has 0 atom stereocenters. The molecule has 7 heteroatoms. The Labute approximate surface area is 194 Å². The van der Waals surface area contributed by atoms with Crippen molar-refractivity contribution in [1.29, 1.82) is 0 Å². The van der Waals surface area contributed by atoms with Gasteiger partial charge >= 0.3 is 0 Å². The summed E-state index contributed by atoms with van der Waals surface area (Å²) in [6.07, 6.45) is 5.84. The number of hydrogen-bond acceptors (Lipinski definition) is 4. The van der Waals surface area contributed by atoms with Crippen LogP contribution in [0.1, 0.15) is 25.3 Å². The molecule has 0 aliphatic carbocycles. The smallest absolute Gasteiger partial charge is 0.266 e. The first-order chi connectivity index (χ1) is 14.6. The van der Waals surface area contributed by atoms with E-state index in [0.717, 1.165) is 39.8 Å². The first kappa shape index (κ1) is 21.0. The monoisotopic (exact) mass is 497 g/mol. The largest absolute Gasteiger partial charge is 0.293 e. The Balaban J connectivity index is 1.76. The minimum absolute atomic E-state index is 0.0207. The summed E-state index contributed by atoms with van der Waals surface area (Å²) in [6.45, 7) is 2.78. The summed E-state index contributed by atoms with van der Waals surface area (Å²) in [4.78, 5) is 15.3. The summed E-state index contributed by atoms with van der Waals surface area (Å²) in [5.74, 6) is -0.0207. The molecule has 0 unspecified atom stereocenters. The van der Waals surface area contributed by atoms with E-state index in [-0.39, 0.29) is 5.91 Å². The van der Waals surface area contributed by atoms with Crippen LogP contribution in [0.5, 0.6) is 0 Å². The molecule has 0 radical (unpaired) electrons. The molecule has 4 nitrogen and oxygen atoms in total. The van der Waals surface area contributed by atoms with E-state index in [0.29, 0.717) is 15.8 Å². The number of carbonyl (C=O) groups excluding carboxylic acids is 1. The summed E-state index contributed by atoms with van der Waals surface area (Å²) >= 11 is 10.3. The molecule has 0 saturated carbocycles. The molecular formula is C23H20BrN3OS2. The van der Waals surface area contributed by atoms with Gasteiger partial charge in [-0.2, -0.15) is 5.10 Å². The molecule has 2 heterocycles. The lowest BCUT2D eigenvalue weighted by molar-refractivity contribution is -0.122. The third-order valence-corrected chi connectivity index (χ3v) is 6.68. The zero-order valence-electron chi connectivity index (χ0n) is 16.4. The Morgan fingerprint density at radius 3 is 2.57 bits per heavy atom. The van der Waals surface area contributed by atoms with E-state index in [2.05, 4.69) is 22.9 Å². The highest BCUT2D eigenvalue weighted by atomic mass is 79.9. The molecular weight excluding hydrogens is 478 g/mol. The van der Waals surface area contributed by atoms with Crippen molar-refractivity contribution < 1.29 is 4.79 Å². The molecule has 152 valence electrons. The van der Waals surface area contributed by atoms with Gasteiger partial charge in [0.05, 0.1) is 16.3 Å². The highest BCUT2D eigenvalue weighted by molar-refractivity contribution is 9.10. The van der Waals surface area contributed by atoms with Crippen LogP contribution in [0.2, 0.25) is 0 Å². The summed E-state index contributed by atoms with van der Waals surface area (Å²) in [5, 5.41) is 4.82. The predicted octanol–water partition coefficient (Wildman–Crippen LogP) is 6.30. The van der Waals surface area contributed by atoms with Crippen molar-refractivity contribution in [1.82, 2.24) is 14.7 Å². The van der Waals surface area contributed by atoms with Crippen LogP contribution in [0, 0.1) is 0 Å². The summed E-state index contributed by atoms with van der Waals surface area (Å²) in [6, 6.07) is 18.0. The molecule has 0 N–H and O–H groups in total. The molecule has 30 heavy (non-hydrogen) atoms. The predicted molar refractivity (Wildman–Crippen MR) is 131 cm³/mol. The van der Waals surface area contributed by atoms with Crippen molar-refractivity contribution in [2.24, 2.45) is 0 Å². The van der Waals surface area contributed by atoms with Gasteiger partial charge in [0, 0.05) is 28.3 Å². The molecule has 0 bridgehead atoms. The second kappa shape index (κ2) is 9.29. The number of aromatic nitrogens is 2. The summed E-state index contributed by atoms with van der Waals surface area (Å²) < 4.78 is 3.48. The van der Waals surface area contributed by atoms with Gasteiger partial charge in [-0.05, 0) is 36.8 Å². The van der Waals surface area contributed by atoms with Gasteiger partial charge in [0.25, 0.3) is 5.91 Å². The number of hydrogen-bond donors (Lipinski definition) is 0. The molecule has 1 aliphatic rings. The average molecular weight is 498 g/mol. The highest BCUT2D eigenvalue weighted by Gasteiger charge is 2.31. The van der Waals surface area contributed by atoms with Crippen molar-refractivity contribution >= 4 is 56.2 Å². The van der Waals surface area contributed by atoms with Crippen molar-refractivity contribution in [3.8, 4) is 16.9 Å². The number of thiocarbonyl (C=S) groups is 1. The molecule has 0 spiro atoms. The van der Waals surface area contributed by atoms with Crippen molar-refractivity contribution in [2.75, 3.05) is 6.54 Å². The highest BCUT2D eigenvalue weighted by Crippen LogP contribution is 2.35. The quantitative estimate of drug-likeness (QED) is 0.295. The average Bonchev–Trinajstić information content (AvgIpc) is 3.29. The molecule has 3 aromatic rings. The SMILES string of the molecule is CCCCN1C(=O)/C(=C/c2cn(-c3ccccc3)nc2-c2ccc(Br)cc2)SC1=S. The Bertz CT molecular complexity index is 1110. The lowest BCUT2D eigenvalue weighted by atomic mass is 10.1. The van der Waals surface area contributed by atoms with Gasteiger partial charge < -0.3 is 0 Å². The fourth-order valence-corrected chi connectivity index (χ4v) is 4.75. The standard InChI is InChI=1S/C23H20BrN3OS2/c1-2-3-13-26-22(28)20(30-23(26)29)14-17-15-27(19-7-5-4-6-8-19)25-21(17)16-9-11-18(24)12-10-16/h4-12,14-15H,2-3,13H2,1H3/b20-14-. The number of para-hydroxylation sites is 1. The fourth-order valence-electron chi connectivity index (χ4n) is 3.19. The first-order valence-electron chi connectivity index (χ1n) is 9.73. The van der Waals surface area contributed by atoms with Crippen LogP contribution in [0.25, 0.3) is 23.0 Å². The molecule has 1 aromatic heterocycles. The number of rotatable bonds is 6. The van der Waals surface area contributed by atoms with Crippen molar-refractivity contribution in [3.05, 3.63) is 75.7 Å². The molecule has 1 amide bonds. The van der Waals surface area contributed by atoms with E-state index >= 15 is 0 Å². The Morgan fingerprint density at radius 2 is 1.87 bits per heavy atom. The second-order valence-corrected chi connectivity index (χ2v) is 9.50. The van der Waals surface area contributed by atoms with Gasteiger partial charge in [-0.25, -0.2) is 4.68 Å². The van der Waals surface area contributed by atoms with Gasteiger partial charge in [0.15, 0.2) is 0 Å². The molecule has 4 rings (SSSR count). The van der Waals surface area contributed by atoms with E-state index in [9.17, 15) is 4.79 Å². The maximum absolute atomic E-state index is 12.9. The normalized spacial score (nSPS) is 15.4. The topological polar surface area (TPSA) is 38.1 Å². The van der Waals surface area contributed by atoms with Crippen molar-refractivity contribution in [2.45, 2.75) is 19.8 Å². The first-order valence-corrected chi connectivity index (χ1v) is 11.7. The Kier molecular flexibility index (Phi) is 6.51. The minimum Gasteiger partial charge on any atom is -0.293 e. The summed E-state index contributed by atoms with van der Waals surface area (Å²) in [7, 11) is 0. The number of unbranched alkanes of at least 4 members (excludes halogenated alkanes) is 1. The van der Waals surface area contributed by atoms with Gasteiger partial charge in [-0.1, -0.05) is 83.6 Å². The fraction of sp³-hybridized carbons (Fsp3) is 0.174. The van der Waals surface area contributed by atoms with Crippen LogP contribution >= 0.6 is 39.9 Å². The van der Waals surface area contributed by atoms with E-state index in [4.69, 9.17) is 17.3 Å². The minimum atomic E-state index is -0.0207. The number of nitrogens with zero attached hydrogens (tertiary/aromatic N) is 3. The molecule has 2 aromatic carbocycles. The van der Waals surface area contributed by atoms with Crippen molar-refractivity contribution in [3.63, 3.8) is 0 Å². The Hall–Kier alpha value is -2.22. The second-order valence-electron chi connectivity index (χ2n) is 6.91. The van der Waals surface area contributed by atoms with Gasteiger partial charge in [0.1, 0.15) is 4.32 Å². The molecule has 1 aliphatic heterocycles. The Morgan fingerprint density at radius 1 is 1.13 bits per heavy atom. The third-order valence-electron chi connectivity index (χ3n) is 4.78. The van der Waals surface area contributed by atoms with E-state index in [1.807, 2.05) is 71.6 Å². The van der Waals surface area contributed by atoms with Crippen LogP contribution in [0.15, 0.2) is 70.2 Å². The lowest BCUT2D eigenvalue weighted by Gasteiger charge is -2.12. The number of benzene rings is 2. The maximum atomic E-state index is 12.9. The van der Waals surface area contributed by atoms with Crippen LogP contribution in [0.3, 0.4) is 0 Å². The number of amides is 1. The summed E-state index contributed by atoms with van der Waals surface area (Å²) in [5.41, 5.74) is 3.66. The maximum Gasteiger partial charge on any atom is 0.266 e. The zero-order chi connectivity index (χ0) is 21.1. The van der Waals surface area contributed by atoms with Gasteiger partial charge in [-0.15, -0.1) is 0 Å². The lowest BCUT2D eigenvalue weighted by Crippen LogP contribution is -2.28.